The fourth-order valence-corrected chi connectivity index (χ4v) is 1.63. The van der Waals surface area contributed by atoms with E-state index in [1.54, 1.807) is 0 Å². The van der Waals surface area contributed by atoms with Crippen molar-refractivity contribution in [2.75, 3.05) is 27.9 Å². The second-order valence-corrected chi connectivity index (χ2v) is 3.28. The van der Waals surface area contributed by atoms with Gasteiger partial charge in [-0.1, -0.05) is 6.58 Å². The van der Waals surface area contributed by atoms with Crippen molar-refractivity contribution < 1.29 is 23.7 Å². The van der Waals surface area contributed by atoms with E-state index in [2.05, 4.69) is 6.58 Å². The summed E-state index contributed by atoms with van der Waals surface area (Å²) in [5.41, 5.74) is 0.275. The summed E-state index contributed by atoms with van der Waals surface area (Å²) in [7, 11) is 4.57. The van der Waals surface area contributed by atoms with Crippen LogP contribution in [0.3, 0.4) is 0 Å². The smallest absolute Gasteiger partial charge is 0.336 e. The Balaban J connectivity index is 2.82. The number of carbonyl (C=O) groups is 1. The molecular formula is C10H16O5. The molecule has 1 saturated heterocycles. The summed E-state index contributed by atoms with van der Waals surface area (Å²) >= 11 is 0. The zero-order valence-corrected chi connectivity index (χ0v) is 9.19. The van der Waals surface area contributed by atoms with Crippen LogP contribution in [-0.2, 0) is 23.7 Å². The Kier molecular flexibility index (Phi) is 4.26. The van der Waals surface area contributed by atoms with Crippen molar-refractivity contribution in [1.82, 2.24) is 0 Å². The molecule has 0 aliphatic carbocycles. The first-order chi connectivity index (χ1) is 7.15. The van der Waals surface area contributed by atoms with Gasteiger partial charge in [-0.3, -0.25) is 0 Å². The number of ether oxygens (including phenoxy) is 4. The van der Waals surface area contributed by atoms with Crippen molar-refractivity contribution in [3.63, 3.8) is 0 Å². The number of cyclic esters (lactones) is 1. The van der Waals surface area contributed by atoms with Gasteiger partial charge in [-0.15, -0.1) is 0 Å². The summed E-state index contributed by atoms with van der Waals surface area (Å²) in [6, 6.07) is 0. The van der Waals surface area contributed by atoms with Crippen LogP contribution in [0.5, 0.6) is 0 Å². The van der Waals surface area contributed by atoms with Crippen molar-refractivity contribution in [3.05, 3.63) is 12.2 Å². The quantitative estimate of drug-likeness (QED) is 0.494. The number of methoxy groups -OCH3 is 3. The molecule has 0 saturated carbocycles. The van der Waals surface area contributed by atoms with Crippen LogP contribution < -0.4 is 0 Å². The highest BCUT2D eigenvalue weighted by Crippen LogP contribution is 2.24. The van der Waals surface area contributed by atoms with Crippen molar-refractivity contribution in [1.29, 1.82) is 0 Å². The van der Waals surface area contributed by atoms with Gasteiger partial charge in [0.25, 0.3) is 0 Å². The highest BCUT2D eigenvalue weighted by Gasteiger charge is 2.42. The van der Waals surface area contributed by atoms with Gasteiger partial charge in [0.05, 0.1) is 12.2 Å². The van der Waals surface area contributed by atoms with Crippen molar-refractivity contribution in [2.45, 2.75) is 18.3 Å². The van der Waals surface area contributed by atoms with Crippen LogP contribution in [0, 0.1) is 0 Å². The highest BCUT2D eigenvalue weighted by molar-refractivity contribution is 5.90. The number of carbonyl (C=O) groups excluding carboxylic acids is 1. The molecule has 0 aromatic heterocycles. The Hall–Kier alpha value is -0.910. The molecule has 0 aromatic carbocycles. The fourth-order valence-electron chi connectivity index (χ4n) is 1.63. The zero-order valence-electron chi connectivity index (χ0n) is 9.19. The molecule has 5 nitrogen and oxygen atoms in total. The van der Waals surface area contributed by atoms with E-state index in [0.29, 0.717) is 0 Å². The van der Waals surface area contributed by atoms with Crippen LogP contribution in [0.1, 0.15) is 0 Å². The third-order valence-electron chi connectivity index (χ3n) is 2.39. The molecule has 1 rings (SSSR count). The molecule has 1 aliphatic heterocycles. The predicted molar refractivity (Wildman–Crippen MR) is 52.5 cm³/mol. The molecule has 0 aromatic rings. The van der Waals surface area contributed by atoms with Crippen molar-refractivity contribution in [3.8, 4) is 0 Å². The third-order valence-corrected chi connectivity index (χ3v) is 2.39. The Morgan fingerprint density at radius 3 is 2.47 bits per heavy atom. The zero-order chi connectivity index (χ0) is 11.4. The average molecular weight is 216 g/mol. The van der Waals surface area contributed by atoms with Gasteiger partial charge < -0.3 is 18.9 Å². The molecule has 3 atom stereocenters. The van der Waals surface area contributed by atoms with Gasteiger partial charge in [-0.25, -0.2) is 4.79 Å². The summed E-state index contributed by atoms with van der Waals surface area (Å²) in [6.45, 7) is 3.90. The number of hydrogen-bond donors (Lipinski definition) is 0. The van der Waals surface area contributed by atoms with Gasteiger partial charge >= 0.3 is 5.97 Å². The van der Waals surface area contributed by atoms with E-state index in [1.165, 1.54) is 21.3 Å². The van der Waals surface area contributed by atoms with Crippen LogP contribution in [0.15, 0.2) is 12.2 Å². The molecule has 0 radical (unpaired) electrons. The number of rotatable bonds is 4. The minimum atomic E-state index is -0.476. The molecule has 5 heteroatoms. The highest BCUT2D eigenvalue weighted by atomic mass is 16.6. The molecule has 0 spiro atoms. The van der Waals surface area contributed by atoms with Gasteiger partial charge in [0.2, 0.25) is 0 Å². The lowest BCUT2D eigenvalue weighted by Crippen LogP contribution is -2.51. The maximum atomic E-state index is 11.4. The minimum Gasteiger partial charge on any atom is -0.454 e. The van der Waals surface area contributed by atoms with Crippen molar-refractivity contribution in [2.24, 2.45) is 0 Å². The second kappa shape index (κ2) is 5.25. The lowest BCUT2D eigenvalue weighted by atomic mass is 9.98. The van der Waals surface area contributed by atoms with Gasteiger partial charge in [-0.2, -0.15) is 0 Å². The number of hydrogen-bond acceptors (Lipinski definition) is 5. The first-order valence-electron chi connectivity index (χ1n) is 4.60. The summed E-state index contributed by atoms with van der Waals surface area (Å²) in [5.74, 6) is -0.461. The van der Waals surface area contributed by atoms with E-state index < -0.39 is 18.2 Å². The first-order valence-corrected chi connectivity index (χ1v) is 4.60. The molecule has 1 heterocycles. The van der Waals surface area contributed by atoms with Crippen LogP contribution in [-0.4, -0.2) is 52.2 Å². The molecule has 0 unspecified atom stereocenters. The summed E-state index contributed by atoms with van der Waals surface area (Å²) in [6.07, 6.45) is -1.31. The van der Waals surface area contributed by atoms with E-state index >= 15 is 0 Å². The SMILES string of the molecule is C=C1C(=O)O[C@H](COC)[C@H](OC)[C@@H]1OC. The monoisotopic (exact) mass is 216 g/mol. The molecule has 1 fully saturated rings. The molecule has 0 amide bonds. The van der Waals surface area contributed by atoms with E-state index in [-0.39, 0.29) is 18.3 Å². The molecule has 1 aliphatic rings. The molecular weight excluding hydrogens is 200 g/mol. The molecule has 86 valence electrons. The van der Waals surface area contributed by atoms with Gasteiger partial charge in [0, 0.05) is 21.3 Å². The van der Waals surface area contributed by atoms with Crippen LogP contribution in [0.2, 0.25) is 0 Å². The first kappa shape index (κ1) is 12.2. The van der Waals surface area contributed by atoms with Crippen molar-refractivity contribution >= 4 is 5.97 Å². The predicted octanol–water partition coefficient (Wildman–Crippen LogP) is 0.144. The fraction of sp³-hybridized carbons (Fsp3) is 0.700. The Morgan fingerprint density at radius 2 is 2.00 bits per heavy atom. The Bertz CT molecular complexity index is 250. The lowest BCUT2D eigenvalue weighted by molar-refractivity contribution is -0.178. The summed E-state index contributed by atoms with van der Waals surface area (Å²) in [4.78, 5) is 11.4. The average Bonchev–Trinajstić information content (AvgIpc) is 2.23. The van der Waals surface area contributed by atoms with E-state index in [9.17, 15) is 4.79 Å². The maximum absolute atomic E-state index is 11.4. The van der Waals surface area contributed by atoms with Gasteiger partial charge in [-0.05, 0) is 0 Å². The van der Waals surface area contributed by atoms with Crippen LogP contribution >= 0.6 is 0 Å². The van der Waals surface area contributed by atoms with E-state index in [0.717, 1.165) is 0 Å². The summed E-state index contributed by atoms with van der Waals surface area (Å²) < 4.78 is 20.5. The van der Waals surface area contributed by atoms with Gasteiger partial charge in [0.15, 0.2) is 6.10 Å². The van der Waals surface area contributed by atoms with Crippen LogP contribution in [0.25, 0.3) is 0 Å². The van der Waals surface area contributed by atoms with E-state index in [4.69, 9.17) is 18.9 Å². The van der Waals surface area contributed by atoms with Gasteiger partial charge in [0.1, 0.15) is 12.2 Å². The second-order valence-electron chi connectivity index (χ2n) is 3.28. The normalized spacial score (nSPS) is 31.5. The molecule has 0 N–H and O–H groups in total. The Morgan fingerprint density at radius 1 is 1.33 bits per heavy atom. The minimum absolute atomic E-state index is 0.275. The largest absolute Gasteiger partial charge is 0.454 e. The van der Waals surface area contributed by atoms with Crippen LogP contribution in [0.4, 0.5) is 0 Å². The number of esters is 1. The molecule has 15 heavy (non-hydrogen) atoms. The standard InChI is InChI=1S/C10H16O5/c1-6-8(13-3)9(14-4)7(5-12-2)15-10(6)11/h7-9H,1,5H2,2-4H3/t7-,8-,9+/m1/s1. The van der Waals surface area contributed by atoms with E-state index in [1.807, 2.05) is 0 Å². The summed E-state index contributed by atoms with van der Waals surface area (Å²) in [5, 5.41) is 0. The lowest BCUT2D eigenvalue weighted by Gasteiger charge is -2.36. The Labute approximate surface area is 88.9 Å². The maximum Gasteiger partial charge on any atom is 0.336 e. The topological polar surface area (TPSA) is 54.0 Å². The third kappa shape index (κ3) is 2.37. The molecule has 0 bridgehead atoms.